The number of hydrogen-bond acceptors (Lipinski definition) is 4. The summed E-state index contributed by atoms with van der Waals surface area (Å²) < 4.78 is 36.2. The summed E-state index contributed by atoms with van der Waals surface area (Å²) in [5.41, 5.74) is 4.30. The van der Waals surface area contributed by atoms with Crippen molar-refractivity contribution in [3.8, 4) is 11.5 Å². The SMILES string of the molecule is C[C@@H](Oc1ccc(F)cc1)C(=O)NNC(=O)COc1ccc(F)cc1Cl. The second kappa shape index (κ2) is 9.00. The predicted octanol–water partition coefficient (Wildman–Crippen LogP) is 2.61. The molecule has 0 fully saturated rings. The highest BCUT2D eigenvalue weighted by molar-refractivity contribution is 6.32. The first-order valence-electron chi connectivity index (χ1n) is 7.44. The number of rotatable bonds is 6. The van der Waals surface area contributed by atoms with Crippen molar-refractivity contribution in [2.24, 2.45) is 0 Å². The summed E-state index contributed by atoms with van der Waals surface area (Å²) in [6, 6.07) is 8.60. The van der Waals surface area contributed by atoms with Gasteiger partial charge in [-0.1, -0.05) is 11.6 Å². The number of halogens is 3. The fourth-order valence-electron chi connectivity index (χ4n) is 1.78. The lowest BCUT2D eigenvalue weighted by Gasteiger charge is -2.15. The summed E-state index contributed by atoms with van der Waals surface area (Å²) in [6.45, 7) is 1.01. The molecule has 0 heterocycles. The van der Waals surface area contributed by atoms with Crippen molar-refractivity contribution in [3.63, 3.8) is 0 Å². The van der Waals surface area contributed by atoms with Gasteiger partial charge in [0.2, 0.25) is 0 Å². The van der Waals surface area contributed by atoms with Crippen molar-refractivity contribution < 1.29 is 27.8 Å². The molecule has 0 saturated heterocycles. The highest BCUT2D eigenvalue weighted by Crippen LogP contribution is 2.24. The molecule has 1 atom stereocenters. The Kier molecular flexibility index (Phi) is 6.74. The van der Waals surface area contributed by atoms with Crippen LogP contribution < -0.4 is 20.3 Å². The van der Waals surface area contributed by atoms with Gasteiger partial charge in [-0.05, 0) is 49.4 Å². The van der Waals surface area contributed by atoms with Crippen molar-refractivity contribution in [2.45, 2.75) is 13.0 Å². The molecule has 2 amide bonds. The molecule has 2 aromatic rings. The highest BCUT2D eigenvalue weighted by Gasteiger charge is 2.16. The van der Waals surface area contributed by atoms with E-state index in [1.165, 1.54) is 37.3 Å². The van der Waals surface area contributed by atoms with E-state index in [0.29, 0.717) is 5.75 Å². The van der Waals surface area contributed by atoms with Crippen molar-refractivity contribution in [1.29, 1.82) is 0 Å². The summed E-state index contributed by atoms with van der Waals surface area (Å²) in [4.78, 5) is 23.5. The summed E-state index contributed by atoms with van der Waals surface area (Å²) in [5.74, 6) is -1.82. The summed E-state index contributed by atoms with van der Waals surface area (Å²) in [7, 11) is 0. The van der Waals surface area contributed by atoms with Gasteiger partial charge in [-0.25, -0.2) is 8.78 Å². The highest BCUT2D eigenvalue weighted by atomic mass is 35.5. The maximum Gasteiger partial charge on any atom is 0.279 e. The zero-order valence-electron chi connectivity index (χ0n) is 13.6. The third-order valence-corrected chi connectivity index (χ3v) is 3.37. The monoisotopic (exact) mass is 384 g/mol. The molecule has 2 N–H and O–H groups in total. The zero-order valence-corrected chi connectivity index (χ0v) is 14.3. The number of ether oxygens (including phenoxy) is 2. The molecule has 0 aromatic heterocycles. The van der Waals surface area contributed by atoms with Crippen LogP contribution in [0.2, 0.25) is 5.02 Å². The number of nitrogens with one attached hydrogen (secondary N) is 2. The quantitative estimate of drug-likeness (QED) is 0.751. The second-order valence-corrected chi connectivity index (χ2v) is 5.52. The molecule has 138 valence electrons. The van der Waals surface area contributed by atoms with Crippen LogP contribution >= 0.6 is 11.6 Å². The summed E-state index contributed by atoms with van der Waals surface area (Å²) >= 11 is 5.76. The maximum atomic E-state index is 12.9. The topological polar surface area (TPSA) is 76.7 Å². The van der Waals surface area contributed by atoms with Crippen LogP contribution in [-0.2, 0) is 9.59 Å². The van der Waals surface area contributed by atoms with E-state index in [2.05, 4.69) is 10.9 Å². The van der Waals surface area contributed by atoms with E-state index < -0.39 is 36.2 Å². The lowest BCUT2D eigenvalue weighted by atomic mass is 10.3. The van der Waals surface area contributed by atoms with E-state index in [-0.39, 0.29) is 10.8 Å². The number of carbonyl (C=O) groups is 2. The van der Waals surface area contributed by atoms with Crippen LogP contribution in [0, 0.1) is 11.6 Å². The third kappa shape index (κ3) is 5.89. The van der Waals surface area contributed by atoms with Crippen molar-refractivity contribution >= 4 is 23.4 Å². The van der Waals surface area contributed by atoms with E-state index >= 15 is 0 Å². The molecule has 2 aromatic carbocycles. The van der Waals surface area contributed by atoms with Gasteiger partial charge in [0.05, 0.1) is 5.02 Å². The van der Waals surface area contributed by atoms with Gasteiger partial charge >= 0.3 is 0 Å². The summed E-state index contributed by atoms with van der Waals surface area (Å²) in [5, 5.41) is 0.0168. The van der Waals surface area contributed by atoms with Crippen LogP contribution in [0.5, 0.6) is 11.5 Å². The van der Waals surface area contributed by atoms with Gasteiger partial charge in [0.15, 0.2) is 12.7 Å². The van der Waals surface area contributed by atoms with E-state index in [1.807, 2.05) is 0 Å². The molecular weight excluding hydrogens is 370 g/mol. The predicted molar refractivity (Wildman–Crippen MR) is 89.7 cm³/mol. The minimum atomic E-state index is -0.937. The van der Waals surface area contributed by atoms with Gasteiger partial charge in [0, 0.05) is 0 Å². The Morgan fingerprint density at radius 1 is 1.08 bits per heavy atom. The minimum Gasteiger partial charge on any atom is -0.482 e. The van der Waals surface area contributed by atoms with Crippen LogP contribution in [-0.4, -0.2) is 24.5 Å². The first-order valence-corrected chi connectivity index (χ1v) is 7.81. The fraction of sp³-hybridized carbons (Fsp3) is 0.176. The Labute approximate surface area is 153 Å². The Balaban J connectivity index is 1.75. The zero-order chi connectivity index (χ0) is 19.1. The van der Waals surface area contributed by atoms with Crippen LogP contribution in [0.15, 0.2) is 42.5 Å². The van der Waals surface area contributed by atoms with Crippen LogP contribution in [0.1, 0.15) is 6.92 Å². The molecule has 0 bridgehead atoms. The molecule has 0 saturated carbocycles. The van der Waals surface area contributed by atoms with E-state index in [4.69, 9.17) is 21.1 Å². The van der Waals surface area contributed by atoms with Crippen molar-refractivity contribution in [1.82, 2.24) is 10.9 Å². The average molecular weight is 385 g/mol. The first-order chi connectivity index (χ1) is 12.3. The van der Waals surface area contributed by atoms with Crippen LogP contribution in [0.4, 0.5) is 8.78 Å². The fourth-order valence-corrected chi connectivity index (χ4v) is 2.00. The Bertz CT molecular complexity index is 787. The second-order valence-electron chi connectivity index (χ2n) is 5.11. The average Bonchev–Trinajstić information content (AvgIpc) is 2.60. The number of amides is 2. The van der Waals surface area contributed by atoms with Gasteiger partial charge in [-0.15, -0.1) is 0 Å². The van der Waals surface area contributed by atoms with Crippen molar-refractivity contribution in [2.75, 3.05) is 6.61 Å². The van der Waals surface area contributed by atoms with Crippen LogP contribution in [0.3, 0.4) is 0 Å². The molecule has 26 heavy (non-hydrogen) atoms. The van der Waals surface area contributed by atoms with Gasteiger partial charge < -0.3 is 9.47 Å². The normalized spacial score (nSPS) is 11.4. The standard InChI is InChI=1S/C17H15ClF2N2O4/c1-10(26-13-5-2-11(19)3-6-13)17(24)22-21-16(23)9-25-15-7-4-12(20)8-14(15)18/h2-8,10H,9H2,1H3,(H,21,23)(H,22,24)/t10-/m1/s1. The minimum absolute atomic E-state index is 0.0168. The molecule has 0 spiro atoms. The molecule has 6 nitrogen and oxygen atoms in total. The van der Waals surface area contributed by atoms with Crippen molar-refractivity contribution in [3.05, 3.63) is 59.1 Å². The molecule has 2 rings (SSSR count). The van der Waals surface area contributed by atoms with Crippen LogP contribution in [0.25, 0.3) is 0 Å². The molecule has 0 radical (unpaired) electrons. The molecule has 0 aliphatic rings. The number of benzene rings is 2. The molecule has 9 heteroatoms. The molecule has 0 aliphatic heterocycles. The lowest BCUT2D eigenvalue weighted by Crippen LogP contribution is -2.48. The Morgan fingerprint density at radius 3 is 2.38 bits per heavy atom. The van der Waals surface area contributed by atoms with Gasteiger partial charge in [0.25, 0.3) is 11.8 Å². The lowest BCUT2D eigenvalue weighted by molar-refractivity contribution is -0.133. The van der Waals surface area contributed by atoms with Gasteiger partial charge in [-0.3, -0.25) is 20.4 Å². The maximum absolute atomic E-state index is 12.9. The Hall–Kier alpha value is -2.87. The number of hydrazine groups is 1. The van der Waals surface area contributed by atoms with E-state index in [0.717, 1.165) is 12.1 Å². The number of carbonyl (C=O) groups excluding carboxylic acids is 2. The molecule has 0 unspecified atom stereocenters. The number of hydrogen-bond donors (Lipinski definition) is 2. The molecular formula is C17H15ClF2N2O4. The largest absolute Gasteiger partial charge is 0.482 e. The van der Waals surface area contributed by atoms with Gasteiger partial charge in [-0.2, -0.15) is 0 Å². The smallest absolute Gasteiger partial charge is 0.279 e. The van der Waals surface area contributed by atoms with E-state index in [1.54, 1.807) is 0 Å². The first kappa shape index (κ1) is 19.5. The Morgan fingerprint density at radius 2 is 1.73 bits per heavy atom. The summed E-state index contributed by atoms with van der Waals surface area (Å²) in [6.07, 6.45) is -0.937. The van der Waals surface area contributed by atoms with Gasteiger partial charge in [0.1, 0.15) is 23.1 Å². The van der Waals surface area contributed by atoms with E-state index in [9.17, 15) is 18.4 Å². The molecule has 0 aliphatic carbocycles. The third-order valence-electron chi connectivity index (χ3n) is 3.07.